The number of rotatable bonds is 3. The summed E-state index contributed by atoms with van der Waals surface area (Å²) >= 11 is 6.65. The lowest BCUT2D eigenvalue weighted by atomic mass is 10.2. The van der Waals surface area contributed by atoms with Crippen LogP contribution in [0.4, 0.5) is 0 Å². The molecule has 0 saturated heterocycles. The van der Waals surface area contributed by atoms with Gasteiger partial charge in [-0.15, -0.1) is 0 Å². The van der Waals surface area contributed by atoms with Crippen molar-refractivity contribution in [2.45, 2.75) is 20.8 Å². The highest BCUT2D eigenvalue weighted by Gasteiger charge is 2.06. The van der Waals surface area contributed by atoms with Crippen LogP contribution in [0, 0.1) is 0 Å². The SMILES string of the molecule is C=C/C(=C\C=C/C)c1nc(Br)c(Br)[nH]1.CC. The molecular formula is C12H16Br2N2. The van der Waals surface area contributed by atoms with Gasteiger partial charge in [-0.1, -0.05) is 44.7 Å². The molecule has 1 N–H and O–H groups in total. The quantitative estimate of drug-likeness (QED) is 0.756. The summed E-state index contributed by atoms with van der Waals surface area (Å²) in [5.74, 6) is 0.789. The Morgan fingerprint density at radius 2 is 2.00 bits per heavy atom. The van der Waals surface area contributed by atoms with Crippen molar-refractivity contribution in [1.82, 2.24) is 9.97 Å². The lowest BCUT2D eigenvalue weighted by molar-refractivity contribution is 1.23. The molecule has 0 fully saturated rings. The Labute approximate surface area is 114 Å². The van der Waals surface area contributed by atoms with Crippen LogP contribution in [0.2, 0.25) is 0 Å². The summed E-state index contributed by atoms with van der Waals surface area (Å²) in [6, 6.07) is 0. The van der Waals surface area contributed by atoms with E-state index < -0.39 is 0 Å². The maximum Gasteiger partial charge on any atom is 0.139 e. The molecule has 0 radical (unpaired) electrons. The van der Waals surface area contributed by atoms with Gasteiger partial charge in [0.05, 0.1) is 0 Å². The van der Waals surface area contributed by atoms with E-state index in [-0.39, 0.29) is 0 Å². The maximum absolute atomic E-state index is 4.28. The second-order valence-corrected chi connectivity index (χ2v) is 4.09. The van der Waals surface area contributed by atoms with Crippen LogP contribution in [0.1, 0.15) is 26.6 Å². The van der Waals surface area contributed by atoms with Crippen LogP contribution in [0.15, 0.2) is 40.1 Å². The number of hydrogen-bond donors (Lipinski definition) is 1. The smallest absolute Gasteiger partial charge is 0.139 e. The van der Waals surface area contributed by atoms with E-state index >= 15 is 0 Å². The lowest BCUT2D eigenvalue weighted by Gasteiger charge is -1.93. The summed E-state index contributed by atoms with van der Waals surface area (Å²) in [5, 5.41) is 0. The minimum atomic E-state index is 0.765. The van der Waals surface area contributed by atoms with Gasteiger partial charge in [0, 0.05) is 5.57 Å². The van der Waals surface area contributed by atoms with Crippen molar-refractivity contribution < 1.29 is 0 Å². The number of hydrogen-bond acceptors (Lipinski definition) is 1. The third-order valence-corrected chi connectivity index (χ3v) is 3.26. The highest BCUT2D eigenvalue weighted by Crippen LogP contribution is 2.23. The molecule has 0 aromatic carbocycles. The van der Waals surface area contributed by atoms with Crippen molar-refractivity contribution in [3.05, 3.63) is 45.9 Å². The summed E-state index contributed by atoms with van der Waals surface area (Å²) in [4.78, 5) is 7.36. The Balaban J connectivity index is 0.00000106. The van der Waals surface area contributed by atoms with Crippen LogP contribution in [-0.2, 0) is 0 Å². The molecule has 2 nitrogen and oxygen atoms in total. The maximum atomic E-state index is 4.28. The second kappa shape index (κ2) is 8.53. The van der Waals surface area contributed by atoms with Gasteiger partial charge in [-0.2, -0.15) is 0 Å². The van der Waals surface area contributed by atoms with E-state index in [1.807, 2.05) is 39.0 Å². The summed E-state index contributed by atoms with van der Waals surface area (Å²) in [6.07, 6.45) is 7.61. The van der Waals surface area contributed by atoms with Crippen LogP contribution in [0.3, 0.4) is 0 Å². The fraction of sp³-hybridized carbons (Fsp3) is 0.250. The van der Waals surface area contributed by atoms with Crippen LogP contribution < -0.4 is 0 Å². The molecule has 0 atom stereocenters. The second-order valence-electron chi connectivity index (χ2n) is 2.54. The van der Waals surface area contributed by atoms with Gasteiger partial charge in [0.1, 0.15) is 15.0 Å². The number of imidazole rings is 1. The predicted molar refractivity (Wildman–Crippen MR) is 78.3 cm³/mol. The Hall–Kier alpha value is -0.610. The zero-order valence-electron chi connectivity index (χ0n) is 9.72. The number of nitrogens with one attached hydrogen (secondary N) is 1. The number of allylic oxidation sites excluding steroid dienone is 5. The molecule has 0 aliphatic carbocycles. The first-order valence-corrected chi connectivity index (χ1v) is 6.64. The molecule has 4 heteroatoms. The van der Waals surface area contributed by atoms with Gasteiger partial charge >= 0.3 is 0 Å². The molecule has 0 aliphatic rings. The van der Waals surface area contributed by atoms with E-state index in [2.05, 4.69) is 48.4 Å². The highest BCUT2D eigenvalue weighted by molar-refractivity contribution is 9.13. The van der Waals surface area contributed by atoms with Crippen LogP contribution in [-0.4, -0.2) is 9.97 Å². The molecule has 0 spiro atoms. The molecule has 1 aromatic rings. The average molecular weight is 348 g/mol. The van der Waals surface area contributed by atoms with E-state index in [0.29, 0.717) is 0 Å². The molecule has 0 amide bonds. The first-order valence-electron chi connectivity index (χ1n) is 5.05. The van der Waals surface area contributed by atoms with Gasteiger partial charge < -0.3 is 4.98 Å². The third kappa shape index (κ3) is 4.49. The van der Waals surface area contributed by atoms with E-state index in [1.54, 1.807) is 6.08 Å². The minimum absolute atomic E-state index is 0.765. The monoisotopic (exact) mass is 346 g/mol. The van der Waals surface area contributed by atoms with Crippen LogP contribution in [0.5, 0.6) is 0 Å². The number of halogens is 2. The number of nitrogens with zero attached hydrogens (tertiary/aromatic N) is 1. The first-order chi connectivity index (χ1) is 7.69. The Bertz CT molecular complexity index is 370. The molecule has 0 saturated carbocycles. The van der Waals surface area contributed by atoms with Crippen molar-refractivity contribution in [2.24, 2.45) is 0 Å². The zero-order valence-corrected chi connectivity index (χ0v) is 12.9. The van der Waals surface area contributed by atoms with Gasteiger partial charge in [0.2, 0.25) is 0 Å². The van der Waals surface area contributed by atoms with Crippen molar-refractivity contribution >= 4 is 37.4 Å². The fourth-order valence-electron chi connectivity index (χ4n) is 0.911. The van der Waals surface area contributed by atoms with Gasteiger partial charge in [0.25, 0.3) is 0 Å². The van der Waals surface area contributed by atoms with E-state index in [1.165, 1.54) is 0 Å². The Kier molecular flexibility index (Phi) is 8.21. The van der Waals surface area contributed by atoms with Crippen molar-refractivity contribution in [2.75, 3.05) is 0 Å². The van der Waals surface area contributed by atoms with Gasteiger partial charge in [-0.3, -0.25) is 0 Å². The van der Waals surface area contributed by atoms with Gasteiger partial charge in [-0.25, -0.2) is 4.98 Å². The number of H-pyrrole nitrogens is 1. The molecule has 88 valence electrons. The summed E-state index contributed by atoms with van der Waals surface area (Å²) in [7, 11) is 0. The number of aromatic nitrogens is 2. The van der Waals surface area contributed by atoms with E-state index in [9.17, 15) is 0 Å². The van der Waals surface area contributed by atoms with Crippen molar-refractivity contribution in [3.8, 4) is 0 Å². The zero-order chi connectivity index (χ0) is 12.6. The van der Waals surface area contributed by atoms with Crippen molar-refractivity contribution in [3.63, 3.8) is 0 Å². The molecular weight excluding hydrogens is 332 g/mol. The number of aromatic amines is 1. The topological polar surface area (TPSA) is 28.7 Å². The largest absolute Gasteiger partial charge is 0.332 e. The van der Waals surface area contributed by atoms with E-state index in [4.69, 9.17) is 0 Å². The molecule has 16 heavy (non-hydrogen) atoms. The fourth-order valence-corrected chi connectivity index (χ4v) is 1.46. The summed E-state index contributed by atoms with van der Waals surface area (Å²) in [6.45, 7) is 9.70. The van der Waals surface area contributed by atoms with Crippen LogP contribution in [0.25, 0.3) is 5.57 Å². The lowest BCUT2D eigenvalue weighted by Crippen LogP contribution is -1.82. The third-order valence-electron chi connectivity index (χ3n) is 1.58. The van der Waals surface area contributed by atoms with Gasteiger partial charge in [-0.05, 0) is 38.8 Å². The predicted octanol–water partition coefficient (Wildman–Crippen LogP) is 5.11. The molecule has 1 aromatic heterocycles. The first kappa shape index (κ1) is 15.4. The van der Waals surface area contributed by atoms with Gasteiger partial charge in [0.15, 0.2) is 0 Å². The Morgan fingerprint density at radius 3 is 2.38 bits per heavy atom. The Morgan fingerprint density at radius 1 is 1.38 bits per heavy atom. The average Bonchev–Trinajstić information content (AvgIpc) is 2.63. The minimum Gasteiger partial charge on any atom is -0.332 e. The molecule has 0 aliphatic heterocycles. The summed E-state index contributed by atoms with van der Waals surface area (Å²) < 4.78 is 1.60. The normalized spacial score (nSPS) is 11.2. The standard InChI is InChI=1S/C10H10Br2N2.C2H6/c1-3-5-6-7(4-2)10-13-8(11)9(12)14-10;1-2/h3-6H,2H2,1H3,(H,13,14);1-2H3/b5-3-,7-6+;. The summed E-state index contributed by atoms with van der Waals surface area (Å²) in [5.41, 5.74) is 0.953. The van der Waals surface area contributed by atoms with Crippen LogP contribution >= 0.6 is 31.9 Å². The molecule has 1 heterocycles. The van der Waals surface area contributed by atoms with E-state index in [0.717, 1.165) is 20.6 Å². The van der Waals surface area contributed by atoms with Crippen molar-refractivity contribution in [1.29, 1.82) is 0 Å². The highest BCUT2D eigenvalue weighted by atomic mass is 79.9. The molecule has 0 unspecified atom stereocenters. The molecule has 1 rings (SSSR count). The molecule has 0 bridgehead atoms.